The number of nitrogens with zero attached hydrogens (tertiary/aromatic N) is 1. The molecular formula is C18H34N2O2. The summed E-state index contributed by atoms with van der Waals surface area (Å²) in [5.74, 6) is 1.69. The van der Waals surface area contributed by atoms with Gasteiger partial charge in [-0.1, -0.05) is 26.2 Å². The van der Waals surface area contributed by atoms with Crippen LogP contribution in [0.3, 0.4) is 0 Å². The second-order valence-electron chi connectivity index (χ2n) is 8.24. The summed E-state index contributed by atoms with van der Waals surface area (Å²) in [4.78, 5) is 14.6. The van der Waals surface area contributed by atoms with Gasteiger partial charge in [-0.15, -0.1) is 0 Å². The van der Waals surface area contributed by atoms with E-state index in [0.29, 0.717) is 0 Å². The van der Waals surface area contributed by atoms with Gasteiger partial charge >= 0.3 is 6.09 Å². The van der Waals surface area contributed by atoms with Gasteiger partial charge in [0.2, 0.25) is 0 Å². The van der Waals surface area contributed by atoms with Crippen LogP contribution in [-0.4, -0.2) is 42.3 Å². The van der Waals surface area contributed by atoms with E-state index in [1.54, 1.807) is 0 Å². The molecule has 0 bridgehead atoms. The summed E-state index contributed by atoms with van der Waals surface area (Å²) in [6.45, 7) is 11.3. The molecular weight excluding hydrogens is 276 g/mol. The lowest BCUT2D eigenvalue weighted by atomic mass is 9.89. The number of rotatable bonds is 6. The lowest BCUT2D eigenvalue weighted by Crippen LogP contribution is -2.51. The van der Waals surface area contributed by atoms with E-state index in [2.05, 4.69) is 17.1 Å². The average molecular weight is 310 g/mol. The van der Waals surface area contributed by atoms with Crippen molar-refractivity contribution in [3.05, 3.63) is 0 Å². The second-order valence-corrected chi connectivity index (χ2v) is 8.24. The number of alkyl carbamates (subject to hydrolysis) is 1. The van der Waals surface area contributed by atoms with Gasteiger partial charge < -0.3 is 15.0 Å². The minimum atomic E-state index is -0.423. The van der Waals surface area contributed by atoms with Gasteiger partial charge in [0, 0.05) is 19.1 Å². The van der Waals surface area contributed by atoms with E-state index in [1.807, 2.05) is 20.8 Å². The lowest BCUT2D eigenvalue weighted by Gasteiger charge is -2.38. The highest BCUT2D eigenvalue weighted by molar-refractivity contribution is 5.68. The zero-order valence-corrected chi connectivity index (χ0v) is 14.9. The molecule has 0 aromatic rings. The summed E-state index contributed by atoms with van der Waals surface area (Å²) < 4.78 is 5.42. The average Bonchev–Trinajstić information content (AvgIpc) is 3.17. The number of hydrogen-bond donors (Lipinski definition) is 1. The third-order valence-electron chi connectivity index (χ3n) is 4.53. The van der Waals surface area contributed by atoms with Crippen molar-refractivity contribution in [1.29, 1.82) is 0 Å². The van der Waals surface area contributed by atoms with E-state index >= 15 is 0 Å². The van der Waals surface area contributed by atoms with Gasteiger partial charge in [-0.25, -0.2) is 4.79 Å². The summed E-state index contributed by atoms with van der Waals surface area (Å²) in [5.41, 5.74) is -0.423. The van der Waals surface area contributed by atoms with Crippen molar-refractivity contribution in [3.8, 4) is 0 Å². The summed E-state index contributed by atoms with van der Waals surface area (Å²) >= 11 is 0. The molecule has 2 atom stereocenters. The summed E-state index contributed by atoms with van der Waals surface area (Å²) in [7, 11) is 0. The number of likely N-dealkylation sites (tertiary alicyclic amines) is 1. The van der Waals surface area contributed by atoms with Crippen LogP contribution >= 0.6 is 0 Å². The van der Waals surface area contributed by atoms with E-state index in [1.165, 1.54) is 38.6 Å². The Labute approximate surface area is 136 Å². The molecule has 22 heavy (non-hydrogen) atoms. The minimum absolute atomic E-state index is 0.240. The normalized spacial score (nSPS) is 26.7. The number of piperidine rings is 1. The van der Waals surface area contributed by atoms with Gasteiger partial charge in [0.15, 0.2) is 0 Å². The van der Waals surface area contributed by atoms with Crippen molar-refractivity contribution in [3.63, 3.8) is 0 Å². The number of hydrogen-bond acceptors (Lipinski definition) is 3. The SMILES string of the molecule is CCCCN1CC(CC2CC2)CC(NC(=O)OC(C)(C)C)C1. The van der Waals surface area contributed by atoms with Crippen LogP contribution in [0.2, 0.25) is 0 Å². The maximum Gasteiger partial charge on any atom is 0.407 e. The molecule has 2 aliphatic rings. The number of unbranched alkanes of at least 4 members (excludes halogenated alkanes) is 1. The van der Waals surface area contributed by atoms with E-state index < -0.39 is 5.60 Å². The van der Waals surface area contributed by atoms with Crippen molar-refractivity contribution in [2.24, 2.45) is 11.8 Å². The minimum Gasteiger partial charge on any atom is -0.444 e. The molecule has 1 N–H and O–H groups in total. The van der Waals surface area contributed by atoms with E-state index in [9.17, 15) is 4.79 Å². The standard InChI is InChI=1S/C18H34N2O2/c1-5-6-9-20-12-15(10-14-7-8-14)11-16(13-20)19-17(21)22-18(2,3)4/h14-16H,5-13H2,1-4H3,(H,19,21). The highest BCUT2D eigenvalue weighted by atomic mass is 16.6. The van der Waals surface area contributed by atoms with Crippen molar-refractivity contribution >= 4 is 6.09 Å². The first-order chi connectivity index (χ1) is 10.4. The number of nitrogens with one attached hydrogen (secondary N) is 1. The number of ether oxygens (including phenoxy) is 1. The monoisotopic (exact) mass is 310 g/mol. The van der Waals surface area contributed by atoms with E-state index in [0.717, 1.165) is 31.3 Å². The Morgan fingerprint density at radius 1 is 1.23 bits per heavy atom. The zero-order chi connectivity index (χ0) is 16.2. The highest BCUT2D eigenvalue weighted by Gasteiger charge is 2.33. The van der Waals surface area contributed by atoms with Gasteiger partial charge in [-0.3, -0.25) is 0 Å². The van der Waals surface area contributed by atoms with Crippen molar-refractivity contribution in [2.45, 2.75) is 77.9 Å². The Morgan fingerprint density at radius 3 is 2.55 bits per heavy atom. The zero-order valence-electron chi connectivity index (χ0n) is 14.9. The first kappa shape index (κ1) is 17.6. The summed E-state index contributed by atoms with van der Waals surface area (Å²) in [6, 6.07) is 0.240. The molecule has 1 aliphatic carbocycles. The molecule has 1 saturated carbocycles. The molecule has 2 fully saturated rings. The molecule has 0 aromatic carbocycles. The van der Waals surface area contributed by atoms with Crippen molar-refractivity contribution < 1.29 is 9.53 Å². The van der Waals surface area contributed by atoms with Crippen LogP contribution < -0.4 is 5.32 Å². The topological polar surface area (TPSA) is 41.6 Å². The molecule has 2 unspecified atom stereocenters. The first-order valence-electron chi connectivity index (χ1n) is 9.07. The van der Waals surface area contributed by atoms with Crippen LogP contribution in [0.1, 0.15) is 66.2 Å². The third-order valence-corrected chi connectivity index (χ3v) is 4.53. The van der Waals surface area contributed by atoms with Crippen LogP contribution in [0, 0.1) is 11.8 Å². The molecule has 0 spiro atoms. The molecule has 0 radical (unpaired) electrons. The molecule has 128 valence electrons. The van der Waals surface area contributed by atoms with Crippen LogP contribution in [0.4, 0.5) is 4.79 Å². The van der Waals surface area contributed by atoms with Crippen LogP contribution in [0.5, 0.6) is 0 Å². The summed E-state index contributed by atoms with van der Waals surface area (Å²) in [6.07, 6.45) is 7.49. The third kappa shape index (κ3) is 6.55. The summed E-state index contributed by atoms with van der Waals surface area (Å²) in [5, 5.41) is 3.10. The van der Waals surface area contributed by atoms with Gasteiger partial charge in [-0.05, 0) is 58.4 Å². The van der Waals surface area contributed by atoms with Crippen molar-refractivity contribution in [2.75, 3.05) is 19.6 Å². The number of carbonyl (C=O) groups excluding carboxylic acids is 1. The largest absolute Gasteiger partial charge is 0.444 e. The quantitative estimate of drug-likeness (QED) is 0.811. The fraction of sp³-hybridized carbons (Fsp3) is 0.944. The van der Waals surface area contributed by atoms with Gasteiger partial charge in [0.1, 0.15) is 5.60 Å². The van der Waals surface area contributed by atoms with Gasteiger partial charge in [0.25, 0.3) is 0 Å². The molecule has 1 saturated heterocycles. The Hall–Kier alpha value is -0.770. The number of carbonyl (C=O) groups is 1. The van der Waals surface area contributed by atoms with E-state index in [-0.39, 0.29) is 12.1 Å². The Kier molecular flexibility index (Phi) is 6.13. The molecule has 4 nitrogen and oxygen atoms in total. The van der Waals surface area contributed by atoms with Gasteiger partial charge in [-0.2, -0.15) is 0 Å². The smallest absolute Gasteiger partial charge is 0.407 e. The molecule has 1 aliphatic heterocycles. The highest BCUT2D eigenvalue weighted by Crippen LogP contribution is 2.37. The predicted octanol–water partition coefficient (Wildman–Crippen LogP) is 3.80. The molecule has 0 aromatic heterocycles. The maximum atomic E-state index is 12.0. The molecule has 2 rings (SSSR count). The van der Waals surface area contributed by atoms with Crippen LogP contribution in [-0.2, 0) is 4.74 Å². The van der Waals surface area contributed by atoms with Crippen LogP contribution in [0.15, 0.2) is 0 Å². The number of amides is 1. The molecule has 4 heteroatoms. The molecule has 1 heterocycles. The Morgan fingerprint density at radius 2 is 1.95 bits per heavy atom. The van der Waals surface area contributed by atoms with E-state index in [4.69, 9.17) is 4.74 Å². The second kappa shape index (κ2) is 7.67. The lowest BCUT2D eigenvalue weighted by molar-refractivity contribution is 0.0443. The van der Waals surface area contributed by atoms with Gasteiger partial charge in [0.05, 0.1) is 0 Å². The Balaban J connectivity index is 1.85. The Bertz CT molecular complexity index is 361. The van der Waals surface area contributed by atoms with Crippen molar-refractivity contribution in [1.82, 2.24) is 10.2 Å². The fourth-order valence-electron chi connectivity index (χ4n) is 3.44. The molecule has 1 amide bonds. The fourth-order valence-corrected chi connectivity index (χ4v) is 3.44. The maximum absolute atomic E-state index is 12.0. The van der Waals surface area contributed by atoms with Crippen LogP contribution in [0.25, 0.3) is 0 Å². The predicted molar refractivity (Wildman–Crippen MR) is 90.0 cm³/mol. The first-order valence-corrected chi connectivity index (χ1v) is 9.07.